The molecule has 0 spiro atoms. The van der Waals surface area contributed by atoms with Gasteiger partial charge in [-0.2, -0.15) is 19.7 Å². The van der Waals surface area contributed by atoms with Crippen LogP contribution in [-0.2, 0) is 27.4 Å². The fraction of sp³-hybridized carbons (Fsp3) is 0.424. The number of aromatic amines is 2. The Morgan fingerprint density at radius 2 is 1.63 bits per heavy atom. The number of aliphatic imine (C=N–C) groups is 1. The van der Waals surface area contributed by atoms with Crippen LogP contribution < -0.4 is 31.4 Å². The number of nitrogens with two attached hydrogens (primary N) is 1. The van der Waals surface area contributed by atoms with Crippen molar-refractivity contribution in [3.63, 3.8) is 0 Å². The van der Waals surface area contributed by atoms with Gasteiger partial charge in [-0.25, -0.2) is 9.37 Å². The number of rotatable bonds is 20. The lowest BCUT2D eigenvalue weighted by molar-refractivity contribution is -0.107. The van der Waals surface area contributed by atoms with Crippen molar-refractivity contribution >= 4 is 59.7 Å². The van der Waals surface area contributed by atoms with Crippen LogP contribution in [0.5, 0.6) is 5.75 Å². The van der Waals surface area contributed by atoms with Gasteiger partial charge in [0, 0.05) is 111 Å². The molecule has 8 rings (SSSR count). The first-order valence-corrected chi connectivity index (χ1v) is 28.0. The maximum absolute atomic E-state index is 15.5. The number of aromatic nitrogens is 8. The summed E-state index contributed by atoms with van der Waals surface area (Å²) in [6.07, 6.45) is 11.8. The van der Waals surface area contributed by atoms with Crippen molar-refractivity contribution in [1.82, 2.24) is 60.5 Å². The zero-order valence-electron chi connectivity index (χ0n) is 49.8. The van der Waals surface area contributed by atoms with E-state index in [2.05, 4.69) is 129 Å². The SMILES string of the molecule is C=O.CC.CC=N/C(=C(\C)OC(C)C)c1cn[nH]c1.CN(C)N.CNCCC=O.CNCc1ccc(N2CCN(Cc3cccc(Sc4ccc(Nc5nc6c(OC(C)C)c(-c7cn[nH]c7)ncn6n5)c(F)c4)c3)C(C(C)C)C2)cc1. The van der Waals surface area contributed by atoms with E-state index >= 15 is 4.39 Å². The molecule has 1 saturated heterocycles. The normalized spacial score (nSPS) is 13.4. The summed E-state index contributed by atoms with van der Waals surface area (Å²) >= 11 is 1.55. The zero-order chi connectivity index (χ0) is 59.9. The first kappa shape index (κ1) is 67.9. The van der Waals surface area contributed by atoms with Crippen molar-refractivity contribution in [3.8, 4) is 17.0 Å². The quantitative estimate of drug-likeness (QED) is 0.0104. The summed E-state index contributed by atoms with van der Waals surface area (Å²) in [4.78, 5) is 38.0. The van der Waals surface area contributed by atoms with Gasteiger partial charge in [0.1, 0.15) is 42.4 Å². The van der Waals surface area contributed by atoms with E-state index in [9.17, 15) is 4.79 Å². The van der Waals surface area contributed by atoms with Crippen molar-refractivity contribution in [2.45, 2.75) is 117 Å². The molecule has 0 radical (unpaired) electrons. The topological polar surface area (TPSA) is 237 Å². The number of nitrogens with zero attached hydrogens (tertiary/aromatic N) is 10. The average molecular weight is 1140 g/mol. The summed E-state index contributed by atoms with van der Waals surface area (Å²) in [5.74, 6) is 6.58. The van der Waals surface area contributed by atoms with E-state index in [1.807, 2.05) is 82.3 Å². The molecule has 7 N–H and O–H groups in total. The van der Waals surface area contributed by atoms with E-state index in [0.717, 1.165) is 77.9 Å². The summed E-state index contributed by atoms with van der Waals surface area (Å²) in [6.45, 7) is 27.8. The van der Waals surface area contributed by atoms with Crippen LogP contribution in [0, 0.1) is 11.7 Å². The fourth-order valence-electron chi connectivity index (χ4n) is 8.11. The number of hydrogen-bond donors (Lipinski definition) is 6. The second-order valence-corrected chi connectivity index (χ2v) is 20.3. The number of hydrogen-bond acceptors (Lipinski definition) is 18. The first-order valence-electron chi connectivity index (χ1n) is 27.1. The molecule has 1 aliphatic heterocycles. The third-order valence-electron chi connectivity index (χ3n) is 11.5. The van der Waals surface area contributed by atoms with E-state index < -0.39 is 5.82 Å². The third kappa shape index (κ3) is 22.6. The Hall–Kier alpha value is -7.34. The minimum absolute atomic E-state index is 0.125. The van der Waals surface area contributed by atoms with Gasteiger partial charge in [0.05, 0.1) is 30.3 Å². The lowest BCUT2D eigenvalue weighted by Gasteiger charge is -2.44. The summed E-state index contributed by atoms with van der Waals surface area (Å²) in [5, 5.41) is 28.6. The molecule has 0 bridgehead atoms. The predicted octanol–water partition coefficient (Wildman–Crippen LogP) is 10.1. The van der Waals surface area contributed by atoms with E-state index in [1.165, 1.54) is 26.3 Å². The van der Waals surface area contributed by atoms with Crippen LogP contribution in [0.15, 0.2) is 118 Å². The largest absolute Gasteiger partial charge is 0.493 e. The molecule has 0 aliphatic carbocycles. The van der Waals surface area contributed by atoms with Crippen molar-refractivity contribution in [2.75, 3.05) is 64.6 Å². The van der Waals surface area contributed by atoms with E-state index in [1.54, 1.807) is 75.3 Å². The van der Waals surface area contributed by atoms with E-state index in [0.29, 0.717) is 35.5 Å². The molecule has 440 valence electrons. The molecule has 1 fully saturated rings. The second-order valence-electron chi connectivity index (χ2n) is 19.2. The summed E-state index contributed by atoms with van der Waals surface area (Å²) < 4.78 is 28.7. The Morgan fingerprint density at radius 3 is 2.20 bits per heavy atom. The van der Waals surface area contributed by atoms with Gasteiger partial charge in [-0.05, 0) is 115 Å². The number of carbonyl (C=O) groups excluding carboxylic acids is 2. The number of benzene rings is 3. The molecule has 5 heterocycles. The van der Waals surface area contributed by atoms with Crippen molar-refractivity contribution in [1.29, 1.82) is 0 Å². The van der Waals surface area contributed by atoms with Crippen LogP contribution in [-0.4, -0.2) is 142 Å². The van der Waals surface area contributed by atoms with Crippen molar-refractivity contribution in [3.05, 3.63) is 126 Å². The fourth-order valence-corrected chi connectivity index (χ4v) is 9.04. The highest BCUT2D eigenvalue weighted by Gasteiger charge is 2.30. The number of hydrazine groups is 1. The Labute approximate surface area is 483 Å². The van der Waals surface area contributed by atoms with Gasteiger partial charge in [0.2, 0.25) is 11.6 Å². The number of halogens is 1. The van der Waals surface area contributed by atoms with E-state index in [4.69, 9.17) is 20.1 Å². The lowest BCUT2D eigenvalue weighted by atomic mass is 9.98. The molecular formula is C59H87FN16O4S. The number of fused-ring (bicyclic) bond motifs is 1. The summed E-state index contributed by atoms with van der Waals surface area (Å²) in [7, 11) is 7.35. The number of aldehydes is 1. The van der Waals surface area contributed by atoms with E-state index in [-0.39, 0.29) is 23.8 Å². The number of H-pyrrole nitrogens is 2. The Kier molecular flexibility index (Phi) is 30.9. The predicted molar refractivity (Wildman–Crippen MR) is 327 cm³/mol. The number of anilines is 3. The number of carbonyl (C=O) groups is 2. The molecule has 4 aromatic heterocycles. The highest BCUT2D eigenvalue weighted by atomic mass is 32.2. The van der Waals surface area contributed by atoms with Gasteiger partial charge in [0.25, 0.3) is 0 Å². The van der Waals surface area contributed by atoms with Crippen LogP contribution in [0.4, 0.5) is 21.7 Å². The Morgan fingerprint density at radius 1 is 0.938 bits per heavy atom. The molecule has 3 aromatic carbocycles. The average Bonchev–Trinajstić information content (AvgIpc) is 4.29. The minimum Gasteiger partial charge on any atom is -0.493 e. The maximum atomic E-state index is 15.5. The molecule has 1 unspecified atom stereocenters. The molecule has 7 aromatic rings. The number of allylic oxidation sites excluding steroid dienone is 1. The molecule has 0 saturated carbocycles. The molecular weight excluding hydrogens is 1050 g/mol. The highest BCUT2D eigenvalue weighted by molar-refractivity contribution is 7.99. The molecule has 81 heavy (non-hydrogen) atoms. The lowest BCUT2D eigenvalue weighted by Crippen LogP contribution is -2.54. The van der Waals surface area contributed by atoms with Gasteiger partial charge in [-0.3, -0.25) is 30.9 Å². The smallest absolute Gasteiger partial charge is 0.247 e. The van der Waals surface area contributed by atoms with Gasteiger partial charge in [-0.1, -0.05) is 63.7 Å². The van der Waals surface area contributed by atoms with Crippen LogP contribution in [0.3, 0.4) is 0 Å². The van der Waals surface area contributed by atoms with Gasteiger partial charge in [0.15, 0.2) is 5.75 Å². The Bertz CT molecular complexity index is 2910. The van der Waals surface area contributed by atoms with Crippen LogP contribution in [0.25, 0.3) is 22.6 Å². The highest BCUT2D eigenvalue weighted by Crippen LogP contribution is 2.35. The molecule has 1 aliphatic rings. The standard InChI is InChI=1S/C39H45FN10OS.C11H17N3O.C4H9NO.C2H8N2.C2H6.CH2O/c1-25(2)35-23-48(30-11-9-27(10-12-30)19-41-5)15-16-49(35)22-28-7-6-8-31(17-28)52-32-13-14-34(33(40)18-32)45-39-46-38-37(51-26(3)4)36(29-20-43-44-21-29)42-24-50(38)47-39;1-5-12-11(9(4)15-8(2)3)10-6-13-14-7-10;1-5-3-2-4-6;1-4(2)3;2*1-2/h6-14,17-18,20-21,24-26,35,41H,15-16,19,22-23H2,1-5H3,(H,43,44)(H,45,47);5-8H,1-4H3,(H,13,14);4-5H,2-3H2,1H3;3H2,1-2H3;1-2H3;1H2/b;11-9+,12-5?;;;;. The van der Waals surface area contributed by atoms with Gasteiger partial charge >= 0.3 is 0 Å². The Balaban J connectivity index is 0.000000489. The number of piperazine rings is 1. The third-order valence-corrected chi connectivity index (χ3v) is 12.4. The van der Waals surface area contributed by atoms with Crippen molar-refractivity contribution < 1.29 is 23.5 Å². The van der Waals surface area contributed by atoms with Crippen LogP contribution in [0.1, 0.15) is 92.3 Å². The summed E-state index contributed by atoms with van der Waals surface area (Å²) in [6, 6.07) is 23.1. The molecule has 0 amide bonds. The van der Waals surface area contributed by atoms with Crippen molar-refractivity contribution in [2.24, 2.45) is 16.8 Å². The molecule has 20 nitrogen and oxygen atoms in total. The number of nitrogens with one attached hydrogen (secondary N) is 5. The van der Waals surface area contributed by atoms with Crippen LogP contribution in [0.2, 0.25) is 0 Å². The van der Waals surface area contributed by atoms with Gasteiger partial charge in [-0.15, -0.1) is 5.10 Å². The first-order chi connectivity index (χ1) is 39.0. The zero-order valence-corrected chi connectivity index (χ0v) is 50.6. The van der Waals surface area contributed by atoms with Gasteiger partial charge < -0.3 is 39.9 Å². The maximum Gasteiger partial charge on any atom is 0.247 e. The minimum atomic E-state index is -0.398. The second kappa shape index (κ2) is 36.8. The summed E-state index contributed by atoms with van der Waals surface area (Å²) in [5.41, 5.74) is 7.69. The number of ether oxygens (including phenoxy) is 2. The monoisotopic (exact) mass is 1130 g/mol. The molecule has 22 heteroatoms. The molecule has 1 atom stereocenters. The van der Waals surface area contributed by atoms with Crippen LogP contribution >= 0.6 is 11.8 Å².